The summed E-state index contributed by atoms with van der Waals surface area (Å²) in [5.41, 5.74) is -0.230. The Morgan fingerprint density at radius 3 is 2.13 bits per heavy atom. The van der Waals surface area contributed by atoms with Crippen molar-refractivity contribution >= 4 is 41.4 Å². The standard InChI is InChI=1S/C41H62N6O8/c1-10-17-28(33(49)36(51)42-22-29(48)44-31(37(52)46(8)9)26-18-13-11-14-19-26)43-35(50)32-30-27(40(30,5)6)23-47(32)38(53)34(41(7)20-15-12-16-21-41)45-39(54)55-25(4)24(2)3/h11,13-14,18-19,24-25,27-28,30-32,34H,10,12,15-17,20-23H2,1-9H3,(H,42,51)(H,43,50)(H,44,48)(H,45,54)/t25-,27+,28+,30+,31+,32+,34-/m1/s1. The molecule has 2 saturated carbocycles. The zero-order valence-corrected chi connectivity index (χ0v) is 34.0. The third kappa shape index (κ3) is 10.0. The maximum atomic E-state index is 14.6. The third-order valence-corrected chi connectivity index (χ3v) is 12.2. The molecule has 0 aromatic heterocycles. The first-order valence-corrected chi connectivity index (χ1v) is 19.8. The number of likely N-dealkylation sites (N-methyl/N-ethyl adjacent to an activating group) is 1. The number of Topliss-reactive ketones (excluding diaryl/α,β-unsaturated/α-hetero) is 1. The summed E-state index contributed by atoms with van der Waals surface area (Å²) in [6, 6.07) is 4.62. The van der Waals surface area contributed by atoms with E-state index >= 15 is 0 Å². The molecule has 0 unspecified atom stereocenters. The number of carbonyl (C=O) groups excluding carboxylic acids is 7. The van der Waals surface area contributed by atoms with Crippen LogP contribution in [0.3, 0.4) is 0 Å². The van der Waals surface area contributed by atoms with Crippen molar-refractivity contribution in [3.8, 4) is 0 Å². The summed E-state index contributed by atoms with van der Waals surface area (Å²) in [4.78, 5) is 97.4. The quantitative estimate of drug-likeness (QED) is 0.185. The number of ketones is 1. The van der Waals surface area contributed by atoms with Crippen molar-refractivity contribution in [2.75, 3.05) is 27.2 Å². The summed E-state index contributed by atoms with van der Waals surface area (Å²) in [5.74, 6) is -3.99. The van der Waals surface area contributed by atoms with Gasteiger partial charge in [0.15, 0.2) is 0 Å². The van der Waals surface area contributed by atoms with Crippen molar-refractivity contribution in [3.63, 3.8) is 0 Å². The highest BCUT2D eigenvalue weighted by Gasteiger charge is 2.70. The first-order valence-electron chi connectivity index (χ1n) is 19.8. The average molecular weight is 767 g/mol. The maximum absolute atomic E-state index is 14.6. The van der Waals surface area contributed by atoms with Crippen LogP contribution in [-0.4, -0.2) is 103 Å². The molecule has 0 radical (unpaired) electrons. The Morgan fingerprint density at radius 2 is 1.55 bits per heavy atom. The van der Waals surface area contributed by atoms with Gasteiger partial charge in [0.25, 0.3) is 5.91 Å². The summed E-state index contributed by atoms with van der Waals surface area (Å²) >= 11 is 0. The molecule has 1 aromatic carbocycles. The Balaban J connectivity index is 1.48. The summed E-state index contributed by atoms with van der Waals surface area (Å²) in [6.45, 7) is 13.4. The Labute approximate surface area is 325 Å². The smallest absolute Gasteiger partial charge is 0.408 e. The van der Waals surface area contributed by atoms with Gasteiger partial charge in [-0.05, 0) is 60.3 Å². The molecule has 304 valence electrons. The predicted octanol–water partition coefficient (Wildman–Crippen LogP) is 3.50. The molecule has 2 aliphatic carbocycles. The summed E-state index contributed by atoms with van der Waals surface area (Å²) in [5, 5.41) is 10.7. The van der Waals surface area contributed by atoms with Crippen LogP contribution in [0.1, 0.15) is 105 Å². The second-order valence-electron chi connectivity index (χ2n) is 17.1. The van der Waals surface area contributed by atoms with E-state index in [2.05, 4.69) is 35.1 Å². The molecule has 1 saturated heterocycles. The molecule has 6 amide bonds. The van der Waals surface area contributed by atoms with Gasteiger partial charge < -0.3 is 35.8 Å². The van der Waals surface area contributed by atoms with Crippen LogP contribution in [0.2, 0.25) is 0 Å². The van der Waals surface area contributed by atoms with Crippen LogP contribution in [0.4, 0.5) is 4.79 Å². The monoisotopic (exact) mass is 766 g/mol. The number of fused-ring (bicyclic) bond motifs is 1. The summed E-state index contributed by atoms with van der Waals surface area (Å²) < 4.78 is 5.63. The molecule has 1 heterocycles. The van der Waals surface area contributed by atoms with Gasteiger partial charge in [-0.1, -0.05) is 97.6 Å². The first kappa shape index (κ1) is 43.2. The fraction of sp³-hybridized carbons (Fsp3) is 0.683. The van der Waals surface area contributed by atoms with Crippen molar-refractivity contribution in [2.24, 2.45) is 28.6 Å². The summed E-state index contributed by atoms with van der Waals surface area (Å²) in [7, 11) is 3.13. The van der Waals surface area contributed by atoms with Crippen molar-refractivity contribution in [2.45, 2.75) is 124 Å². The number of benzene rings is 1. The first-order chi connectivity index (χ1) is 25.8. The van der Waals surface area contributed by atoms with E-state index in [1.54, 1.807) is 56.3 Å². The van der Waals surface area contributed by atoms with Crippen molar-refractivity contribution < 1.29 is 38.3 Å². The van der Waals surface area contributed by atoms with Crippen LogP contribution in [0.5, 0.6) is 0 Å². The molecular weight excluding hydrogens is 704 g/mol. The number of nitrogens with one attached hydrogen (secondary N) is 4. The fourth-order valence-electron chi connectivity index (χ4n) is 8.24. The van der Waals surface area contributed by atoms with Gasteiger partial charge in [0.05, 0.1) is 12.6 Å². The number of carbonyl (C=O) groups is 7. The number of rotatable bonds is 16. The fourth-order valence-corrected chi connectivity index (χ4v) is 8.24. The lowest BCUT2D eigenvalue weighted by Gasteiger charge is -2.43. The van der Waals surface area contributed by atoms with Crippen LogP contribution < -0.4 is 21.3 Å². The molecule has 4 rings (SSSR count). The Kier molecular flexibility index (Phi) is 14.1. The van der Waals surface area contributed by atoms with Crippen molar-refractivity contribution in [3.05, 3.63) is 35.9 Å². The molecule has 14 nitrogen and oxygen atoms in total. The Morgan fingerprint density at radius 1 is 0.909 bits per heavy atom. The van der Waals surface area contributed by atoms with Gasteiger partial charge in [0.2, 0.25) is 29.4 Å². The number of hydrogen-bond acceptors (Lipinski definition) is 8. The lowest BCUT2D eigenvalue weighted by molar-refractivity contribution is -0.146. The predicted molar refractivity (Wildman–Crippen MR) is 206 cm³/mol. The van der Waals surface area contributed by atoms with E-state index in [1.165, 1.54) is 4.90 Å². The second kappa shape index (κ2) is 18.0. The van der Waals surface area contributed by atoms with Crippen LogP contribution in [-0.2, 0) is 33.5 Å². The third-order valence-electron chi connectivity index (χ3n) is 12.2. The van der Waals surface area contributed by atoms with Crippen molar-refractivity contribution in [1.82, 2.24) is 31.1 Å². The molecular formula is C41H62N6O8. The molecule has 7 atom stereocenters. The topological polar surface area (TPSA) is 183 Å². The minimum absolute atomic E-state index is 0.0427. The van der Waals surface area contributed by atoms with Gasteiger partial charge in [0.1, 0.15) is 24.2 Å². The van der Waals surface area contributed by atoms with Crippen LogP contribution in [0.25, 0.3) is 0 Å². The van der Waals surface area contributed by atoms with Gasteiger partial charge in [0, 0.05) is 20.6 Å². The van der Waals surface area contributed by atoms with E-state index in [9.17, 15) is 33.6 Å². The van der Waals surface area contributed by atoms with Crippen molar-refractivity contribution in [1.29, 1.82) is 0 Å². The number of likely N-dealkylation sites (tertiary alicyclic amines) is 1. The van der Waals surface area contributed by atoms with E-state index in [0.717, 1.165) is 32.1 Å². The highest BCUT2D eigenvalue weighted by molar-refractivity contribution is 6.38. The van der Waals surface area contributed by atoms with E-state index in [-0.39, 0.29) is 47.5 Å². The Hall–Kier alpha value is -4.49. The zero-order chi connectivity index (χ0) is 40.8. The van der Waals surface area contributed by atoms with Crippen LogP contribution >= 0.6 is 0 Å². The van der Waals surface area contributed by atoms with Gasteiger partial charge in [-0.3, -0.25) is 28.8 Å². The molecule has 3 fully saturated rings. The molecule has 4 N–H and O–H groups in total. The van der Waals surface area contributed by atoms with Gasteiger partial charge in [-0.15, -0.1) is 0 Å². The number of piperidine rings is 1. The molecule has 3 aliphatic rings. The normalized spacial score (nSPS) is 22.9. The van der Waals surface area contributed by atoms with Gasteiger partial charge >= 0.3 is 6.09 Å². The number of ether oxygens (including phenoxy) is 1. The minimum Gasteiger partial charge on any atom is -0.446 e. The highest BCUT2D eigenvalue weighted by atomic mass is 16.6. The minimum atomic E-state index is -1.21. The number of amides is 6. The van der Waals surface area contributed by atoms with Crippen LogP contribution in [0.15, 0.2) is 30.3 Å². The lowest BCUT2D eigenvalue weighted by Crippen LogP contribution is -2.61. The highest BCUT2D eigenvalue weighted by Crippen LogP contribution is 2.65. The Bertz CT molecular complexity index is 1590. The van der Waals surface area contributed by atoms with E-state index < -0.39 is 65.7 Å². The molecule has 1 aromatic rings. The molecule has 0 bridgehead atoms. The second-order valence-corrected chi connectivity index (χ2v) is 17.1. The molecule has 0 spiro atoms. The molecule has 1 aliphatic heterocycles. The van der Waals surface area contributed by atoms with E-state index in [1.807, 2.05) is 27.7 Å². The maximum Gasteiger partial charge on any atom is 0.408 e. The number of alkyl carbamates (subject to hydrolysis) is 1. The summed E-state index contributed by atoms with van der Waals surface area (Å²) in [6.07, 6.45) is 3.88. The number of hydrogen-bond donors (Lipinski definition) is 4. The zero-order valence-electron chi connectivity index (χ0n) is 34.0. The van der Waals surface area contributed by atoms with Gasteiger partial charge in [-0.2, -0.15) is 0 Å². The van der Waals surface area contributed by atoms with Gasteiger partial charge in [-0.25, -0.2) is 4.79 Å². The SMILES string of the molecule is CCC[C@H](NC(=O)[C@@H]1[C@@H]2[C@H](CN1C(=O)[C@@H](NC(=O)O[C@H](C)C(C)C)C1(C)CCCCC1)C2(C)C)C(=O)C(=O)NCC(=O)N[C@H](C(=O)N(C)C)c1ccccc1. The molecule has 55 heavy (non-hydrogen) atoms. The van der Waals surface area contributed by atoms with E-state index in [4.69, 9.17) is 4.74 Å². The van der Waals surface area contributed by atoms with E-state index in [0.29, 0.717) is 18.5 Å². The largest absolute Gasteiger partial charge is 0.446 e. The number of nitrogens with zero attached hydrogens (tertiary/aromatic N) is 2. The molecule has 14 heteroatoms. The lowest BCUT2D eigenvalue weighted by atomic mass is 9.70. The van der Waals surface area contributed by atoms with Crippen LogP contribution in [0, 0.1) is 28.6 Å². The average Bonchev–Trinajstić information content (AvgIpc) is 3.43.